The number of halogens is 3. The molecule has 0 saturated carbocycles. The van der Waals surface area contributed by atoms with Crippen LogP contribution in [0.4, 0.5) is 13.2 Å². The van der Waals surface area contributed by atoms with E-state index in [-0.39, 0.29) is 17.5 Å². The molecule has 0 saturated heterocycles. The zero-order chi connectivity index (χ0) is 34.8. The quantitative estimate of drug-likeness (QED) is 0.0839. The molecule has 2 aromatic carbocycles. The Bertz CT molecular complexity index is 1390. The van der Waals surface area contributed by atoms with Crippen LogP contribution in [0.15, 0.2) is 54.9 Å². The van der Waals surface area contributed by atoms with E-state index < -0.39 is 24.2 Å². The standard InChI is InChI=1S/C38H49F3N2O5/c1-3-5-7-9-11-12-14-16-24-47-31-26-42-35(43-27-31)30-22-23-32(36(44)45)33(25-30)28-18-20-29(21-19-28)37(46)48-34(38(39,40)41)17-15-13-10-8-6-4-2/h18-23,25-27,34H,3-17,24H2,1-2H3,(H,44,45). The maximum Gasteiger partial charge on any atom is 0.425 e. The summed E-state index contributed by atoms with van der Waals surface area (Å²) >= 11 is 0. The van der Waals surface area contributed by atoms with Crippen molar-refractivity contribution in [3.8, 4) is 28.3 Å². The van der Waals surface area contributed by atoms with Gasteiger partial charge in [-0.25, -0.2) is 19.6 Å². The highest BCUT2D eigenvalue weighted by Gasteiger charge is 2.42. The van der Waals surface area contributed by atoms with Crippen LogP contribution in [0, 0.1) is 0 Å². The number of aromatic carboxylic acids is 1. The predicted molar refractivity (Wildman–Crippen MR) is 181 cm³/mol. The predicted octanol–water partition coefficient (Wildman–Crippen LogP) is 10.9. The molecule has 7 nitrogen and oxygen atoms in total. The van der Waals surface area contributed by atoms with E-state index in [1.807, 2.05) is 0 Å². The molecule has 48 heavy (non-hydrogen) atoms. The first-order valence-corrected chi connectivity index (χ1v) is 17.3. The molecule has 1 heterocycles. The molecule has 0 aliphatic rings. The van der Waals surface area contributed by atoms with Gasteiger partial charge in [0.15, 0.2) is 17.7 Å². The first kappa shape index (κ1) is 38.5. The molecule has 3 aromatic rings. The van der Waals surface area contributed by atoms with Gasteiger partial charge < -0.3 is 14.6 Å². The minimum absolute atomic E-state index is 0.00969. The maximum atomic E-state index is 13.6. The summed E-state index contributed by atoms with van der Waals surface area (Å²) in [5.41, 5.74) is 1.31. The van der Waals surface area contributed by atoms with Crippen molar-refractivity contribution in [2.24, 2.45) is 0 Å². The Morgan fingerprint density at radius 3 is 1.85 bits per heavy atom. The van der Waals surface area contributed by atoms with Crippen LogP contribution in [0.3, 0.4) is 0 Å². The van der Waals surface area contributed by atoms with Gasteiger partial charge in [-0.05, 0) is 54.7 Å². The lowest BCUT2D eigenvalue weighted by Crippen LogP contribution is -2.33. The number of carbonyl (C=O) groups excluding carboxylic acids is 1. The monoisotopic (exact) mass is 670 g/mol. The summed E-state index contributed by atoms with van der Waals surface area (Å²) in [6.07, 6.45) is 10.5. The van der Waals surface area contributed by atoms with Gasteiger partial charge in [0.1, 0.15) is 0 Å². The number of nitrogens with zero attached hydrogens (tertiary/aromatic N) is 2. The molecule has 0 amide bonds. The Morgan fingerprint density at radius 1 is 0.750 bits per heavy atom. The van der Waals surface area contributed by atoms with E-state index in [0.717, 1.165) is 38.5 Å². The molecule has 0 radical (unpaired) electrons. The molecule has 0 aliphatic carbocycles. The Morgan fingerprint density at radius 2 is 1.29 bits per heavy atom. The number of hydrogen-bond acceptors (Lipinski definition) is 6. The number of unbranched alkanes of at least 4 members (excludes halogenated alkanes) is 12. The van der Waals surface area contributed by atoms with E-state index >= 15 is 0 Å². The lowest BCUT2D eigenvalue weighted by Gasteiger charge is -2.21. The highest BCUT2D eigenvalue weighted by atomic mass is 19.4. The zero-order valence-corrected chi connectivity index (χ0v) is 28.2. The van der Waals surface area contributed by atoms with Crippen molar-refractivity contribution in [2.45, 2.75) is 122 Å². The summed E-state index contributed by atoms with van der Waals surface area (Å²) in [5.74, 6) is -1.32. The van der Waals surface area contributed by atoms with Crippen molar-refractivity contribution in [3.63, 3.8) is 0 Å². The highest BCUT2D eigenvalue weighted by molar-refractivity contribution is 5.97. The van der Waals surface area contributed by atoms with Crippen molar-refractivity contribution >= 4 is 11.9 Å². The second-order valence-electron chi connectivity index (χ2n) is 12.2. The minimum atomic E-state index is -4.67. The molecule has 262 valence electrons. The van der Waals surface area contributed by atoms with Crippen LogP contribution in [0.25, 0.3) is 22.5 Å². The van der Waals surface area contributed by atoms with E-state index in [1.54, 1.807) is 24.5 Å². The van der Waals surface area contributed by atoms with Gasteiger partial charge in [0.05, 0.1) is 30.1 Å². The lowest BCUT2D eigenvalue weighted by molar-refractivity contribution is -0.206. The summed E-state index contributed by atoms with van der Waals surface area (Å²) in [7, 11) is 0. The molecule has 1 unspecified atom stereocenters. The van der Waals surface area contributed by atoms with Gasteiger partial charge in [-0.3, -0.25) is 0 Å². The number of carboxylic acids is 1. The molecule has 10 heteroatoms. The first-order chi connectivity index (χ1) is 23.1. The Labute approximate surface area is 282 Å². The summed E-state index contributed by atoms with van der Waals surface area (Å²) < 4.78 is 51.5. The lowest BCUT2D eigenvalue weighted by atomic mass is 9.96. The first-order valence-electron chi connectivity index (χ1n) is 17.3. The van der Waals surface area contributed by atoms with Crippen molar-refractivity contribution in [3.05, 3.63) is 66.0 Å². The van der Waals surface area contributed by atoms with Gasteiger partial charge in [0, 0.05) is 5.56 Å². The SMILES string of the molecule is CCCCCCCCCCOc1cnc(-c2ccc(C(=O)O)c(-c3ccc(C(=O)OC(CCCCCCCC)C(F)(F)F)cc3)c2)nc1. The molecule has 0 fully saturated rings. The third-order valence-corrected chi connectivity index (χ3v) is 8.27. The molecule has 0 bridgehead atoms. The van der Waals surface area contributed by atoms with Gasteiger partial charge in [0.25, 0.3) is 0 Å². The van der Waals surface area contributed by atoms with Crippen molar-refractivity contribution < 1.29 is 37.3 Å². The average molecular weight is 671 g/mol. The third-order valence-electron chi connectivity index (χ3n) is 8.27. The van der Waals surface area contributed by atoms with Gasteiger partial charge >= 0.3 is 18.1 Å². The number of aromatic nitrogens is 2. The normalized spacial score (nSPS) is 12.1. The van der Waals surface area contributed by atoms with E-state index in [4.69, 9.17) is 9.47 Å². The van der Waals surface area contributed by atoms with Crippen molar-refractivity contribution in [2.75, 3.05) is 6.61 Å². The Hall–Kier alpha value is -3.95. The smallest absolute Gasteiger partial charge is 0.425 e. The second-order valence-corrected chi connectivity index (χ2v) is 12.2. The zero-order valence-electron chi connectivity index (χ0n) is 28.2. The maximum absolute atomic E-state index is 13.6. The largest absolute Gasteiger partial charge is 0.490 e. The third kappa shape index (κ3) is 12.9. The van der Waals surface area contributed by atoms with E-state index in [9.17, 15) is 27.9 Å². The molecule has 1 atom stereocenters. The topological polar surface area (TPSA) is 98.6 Å². The summed E-state index contributed by atoms with van der Waals surface area (Å²) in [6, 6.07) is 10.3. The van der Waals surface area contributed by atoms with Crippen LogP contribution >= 0.6 is 0 Å². The number of benzene rings is 2. The molecular formula is C38H49F3N2O5. The Balaban J connectivity index is 1.63. The van der Waals surface area contributed by atoms with Crippen LogP contribution < -0.4 is 4.74 Å². The fourth-order valence-electron chi connectivity index (χ4n) is 5.46. The van der Waals surface area contributed by atoms with E-state index in [1.165, 1.54) is 68.9 Å². The molecule has 1 N–H and O–H groups in total. The van der Waals surface area contributed by atoms with E-state index in [2.05, 4.69) is 23.8 Å². The van der Waals surface area contributed by atoms with Crippen LogP contribution in [-0.2, 0) is 4.74 Å². The molecule has 3 rings (SSSR count). The summed E-state index contributed by atoms with van der Waals surface area (Å²) in [4.78, 5) is 33.5. The van der Waals surface area contributed by atoms with Crippen molar-refractivity contribution in [1.82, 2.24) is 9.97 Å². The molecule has 0 aliphatic heterocycles. The van der Waals surface area contributed by atoms with Gasteiger partial charge in [0.2, 0.25) is 0 Å². The number of carbonyl (C=O) groups is 2. The summed E-state index contributed by atoms with van der Waals surface area (Å²) in [5, 5.41) is 9.83. The fraction of sp³-hybridized carbons (Fsp3) is 0.526. The molecular weight excluding hydrogens is 621 g/mol. The number of alkyl halides is 3. The number of hydrogen-bond donors (Lipinski definition) is 1. The Kier molecular flexibility index (Phi) is 16.4. The van der Waals surface area contributed by atoms with Crippen LogP contribution in [0.2, 0.25) is 0 Å². The second kappa shape index (κ2) is 20.4. The van der Waals surface area contributed by atoms with E-state index in [0.29, 0.717) is 47.7 Å². The molecule has 1 aromatic heterocycles. The number of rotatable bonds is 22. The average Bonchev–Trinajstić information content (AvgIpc) is 3.08. The highest BCUT2D eigenvalue weighted by Crippen LogP contribution is 2.31. The summed E-state index contributed by atoms with van der Waals surface area (Å²) in [6.45, 7) is 4.86. The van der Waals surface area contributed by atoms with Crippen molar-refractivity contribution in [1.29, 1.82) is 0 Å². The number of esters is 1. The van der Waals surface area contributed by atoms with Crippen LogP contribution in [-0.4, -0.2) is 45.9 Å². The van der Waals surface area contributed by atoms with Crippen LogP contribution in [0.1, 0.15) is 131 Å². The van der Waals surface area contributed by atoms with Gasteiger partial charge in [-0.15, -0.1) is 0 Å². The number of carboxylic acid groups (broad SMARTS) is 1. The van der Waals surface area contributed by atoms with Crippen LogP contribution in [0.5, 0.6) is 5.75 Å². The fourth-order valence-corrected chi connectivity index (χ4v) is 5.46. The minimum Gasteiger partial charge on any atom is -0.490 e. The van der Waals surface area contributed by atoms with Gasteiger partial charge in [-0.2, -0.15) is 13.2 Å². The molecule has 0 spiro atoms. The van der Waals surface area contributed by atoms with Gasteiger partial charge in [-0.1, -0.05) is 109 Å². The number of ether oxygens (including phenoxy) is 2.